The SMILES string of the molecule is CBOCCCOC. The van der Waals surface area contributed by atoms with E-state index in [1.165, 1.54) is 0 Å². The summed E-state index contributed by atoms with van der Waals surface area (Å²) in [5.74, 6) is 0. The summed E-state index contributed by atoms with van der Waals surface area (Å²) in [6.07, 6.45) is 1.00. The fourth-order valence-corrected chi connectivity index (χ4v) is 0.450. The van der Waals surface area contributed by atoms with E-state index in [4.69, 9.17) is 9.39 Å². The van der Waals surface area contributed by atoms with Crippen LogP contribution in [-0.4, -0.2) is 27.8 Å². The molecule has 2 nitrogen and oxygen atoms in total. The summed E-state index contributed by atoms with van der Waals surface area (Å²) in [5, 5.41) is 0. The Hall–Kier alpha value is -0.0151. The number of ether oxygens (including phenoxy) is 1. The summed E-state index contributed by atoms with van der Waals surface area (Å²) >= 11 is 0. The van der Waals surface area contributed by atoms with Gasteiger partial charge < -0.3 is 9.39 Å². The van der Waals surface area contributed by atoms with Crippen LogP contribution in [0.5, 0.6) is 0 Å². The summed E-state index contributed by atoms with van der Waals surface area (Å²) < 4.78 is 9.86. The Morgan fingerprint density at radius 3 is 2.62 bits per heavy atom. The van der Waals surface area contributed by atoms with Gasteiger partial charge in [-0.1, -0.05) is 6.82 Å². The van der Waals surface area contributed by atoms with Crippen molar-refractivity contribution in [1.29, 1.82) is 0 Å². The lowest BCUT2D eigenvalue weighted by Crippen LogP contribution is -1.99. The van der Waals surface area contributed by atoms with Gasteiger partial charge in [0.05, 0.1) is 0 Å². The maximum atomic E-state index is 5.06. The molecule has 0 aliphatic heterocycles. The second-order valence-electron chi connectivity index (χ2n) is 1.54. The molecule has 0 atom stereocenters. The van der Waals surface area contributed by atoms with Crippen LogP contribution in [0.3, 0.4) is 0 Å². The monoisotopic (exact) mass is 116 g/mol. The van der Waals surface area contributed by atoms with Crippen molar-refractivity contribution < 1.29 is 9.39 Å². The minimum Gasteiger partial charge on any atom is -0.440 e. The first-order chi connectivity index (χ1) is 3.91. The number of rotatable bonds is 5. The van der Waals surface area contributed by atoms with Crippen molar-refractivity contribution in [2.45, 2.75) is 13.2 Å². The fourth-order valence-electron chi connectivity index (χ4n) is 0.450. The van der Waals surface area contributed by atoms with Crippen LogP contribution < -0.4 is 0 Å². The Balaban J connectivity index is 2.53. The van der Waals surface area contributed by atoms with Crippen LogP contribution in [0.4, 0.5) is 0 Å². The lowest BCUT2D eigenvalue weighted by molar-refractivity contribution is 0.174. The van der Waals surface area contributed by atoms with Crippen LogP contribution in [0.2, 0.25) is 6.82 Å². The predicted molar refractivity (Wildman–Crippen MR) is 35.5 cm³/mol. The van der Waals surface area contributed by atoms with Gasteiger partial charge in [-0.2, -0.15) is 0 Å². The van der Waals surface area contributed by atoms with Gasteiger partial charge in [0.25, 0.3) is 7.48 Å². The summed E-state index contributed by atoms with van der Waals surface area (Å²) in [4.78, 5) is 0. The molecule has 48 valence electrons. The molecular formula is C5H13BO2. The van der Waals surface area contributed by atoms with E-state index in [9.17, 15) is 0 Å². The molecule has 8 heavy (non-hydrogen) atoms. The molecule has 0 aliphatic carbocycles. The first kappa shape index (κ1) is 7.98. The third kappa shape index (κ3) is 5.98. The standard InChI is InChI=1S/C5H13BO2/c1-6-8-5-3-4-7-2/h6H,3-5H2,1-2H3. The fraction of sp³-hybridized carbons (Fsp3) is 1.00. The molecule has 0 amide bonds. The Morgan fingerprint density at radius 2 is 2.12 bits per heavy atom. The average Bonchev–Trinajstić information content (AvgIpc) is 1.81. The van der Waals surface area contributed by atoms with Crippen LogP contribution in [0.25, 0.3) is 0 Å². The quantitative estimate of drug-likeness (QED) is 0.383. The third-order valence-corrected chi connectivity index (χ3v) is 0.841. The van der Waals surface area contributed by atoms with Crippen LogP contribution in [-0.2, 0) is 9.39 Å². The predicted octanol–water partition coefficient (Wildman–Crippen LogP) is 0.439. The van der Waals surface area contributed by atoms with Crippen molar-refractivity contribution in [3.8, 4) is 0 Å². The first-order valence-electron chi connectivity index (χ1n) is 2.98. The van der Waals surface area contributed by atoms with Gasteiger partial charge in [0, 0.05) is 20.3 Å². The lowest BCUT2D eigenvalue weighted by atomic mass is 10.1. The van der Waals surface area contributed by atoms with Crippen molar-refractivity contribution in [2.75, 3.05) is 20.3 Å². The Morgan fingerprint density at radius 1 is 1.38 bits per heavy atom. The van der Waals surface area contributed by atoms with Crippen molar-refractivity contribution >= 4 is 7.48 Å². The molecule has 0 rings (SSSR count). The Labute approximate surface area is 51.4 Å². The Bertz CT molecular complexity index is 35.4. The van der Waals surface area contributed by atoms with Crippen LogP contribution in [0.15, 0.2) is 0 Å². The van der Waals surface area contributed by atoms with Gasteiger partial charge in [-0.25, -0.2) is 0 Å². The van der Waals surface area contributed by atoms with Gasteiger partial charge in [-0.05, 0) is 6.42 Å². The van der Waals surface area contributed by atoms with E-state index >= 15 is 0 Å². The first-order valence-corrected chi connectivity index (χ1v) is 2.98. The zero-order valence-electron chi connectivity index (χ0n) is 5.64. The van der Waals surface area contributed by atoms with E-state index in [0.29, 0.717) is 0 Å². The number of methoxy groups -OCH3 is 1. The summed E-state index contributed by atoms with van der Waals surface area (Å²) in [6, 6.07) is 0. The topological polar surface area (TPSA) is 18.5 Å². The van der Waals surface area contributed by atoms with Crippen LogP contribution in [0.1, 0.15) is 6.42 Å². The van der Waals surface area contributed by atoms with Gasteiger partial charge >= 0.3 is 0 Å². The Kier molecular flexibility index (Phi) is 6.97. The van der Waals surface area contributed by atoms with Gasteiger partial charge in [0.15, 0.2) is 0 Å². The molecule has 0 bridgehead atoms. The molecule has 0 unspecified atom stereocenters. The summed E-state index contributed by atoms with van der Waals surface area (Å²) in [5.41, 5.74) is 0. The zero-order chi connectivity index (χ0) is 6.24. The third-order valence-electron chi connectivity index (χ3n) is 0.841. The molecule has 0 saturated heterocycles. The van der Waals surface area contributed by atoms with E-state index in [0.717, 1.165) is 27.1 Å². The number of hydrogen-bond acceptors (Lipinski definition) is 2. The van der Waals surface area contributed by atoms with Crippen LogP contribution >= 0.6 is 0 Å². The van der Waals surface area contributed by atoms with Crippen molar-refractivity contribution in [3.05, 3.63) is 0 Å². The van der Waals surface area contributed by atoms with Gasteiger partial charge in [-0.15, -0.1) is 0 Å². The van der Waals surface area contributed by atoms with Gasteiger partial charge in [0.1, 0.15) is 0 Å². The molecule has 3 heteroatoms. The zero-order valence-corrected chi connectivity index (χ0v) is 5.64. The van der Waals surface area contributed by atoms with E-state index < -0.39 is 0 Å². The molecule has 0 aromatic carbocycles. The average molecular weight is 116 g/mol. The van der Waals surface area contributed by atoms with Gasteiger partial charge in [0.2, 0.25) is 0 Å². The maximum absolute atomic E-state index is 5.06. The molecular weight excluding hydrogens is 103 g/mol. The van der Waals surface area contributed by atoms with E-state index in [1.807, 2.05) is 6.82 Å². The van der Waals surface area contributed by atoms with Crippen LogP contribution in [0, 0.1) is 0 Å². The second kappa shape index (κ2) is 6.98. The highest BCUT2D eigenvalue weighted by molar-refractivity contribution is 6.24. The highest BCUT2D eigenvalue weighted by Gasteiger charge is 1.83. The second-order valence-corrected chi connectivity index (χ2v) is 1.54. The highest BCUT2D eigenvalue weighted by atomic mass is 16.5. The molecule has 0 radical (unpaired) electrons. The number of hydrogen-bond donors (Lipinski definition) is 0. The largest absolute Gasteiger partial charge is 0.440 e. The van der Waals surface area contributed by atoms with E-state index in [2.05, 4.69) is 0 Å². The molecule has 0 spiro atoms. The minimum atomic E-state index is 0.806. The smallest absolute Gasteiger partial charge is 0.271 e. The normalized spacial score (nSPS) is 9.25. The summed E-state index contributed by atoms with van der Waals surface area (Å²) in [7, 11) is 2.51. The molecule has 0 aliphatic rings. The molecule has 0 fully saturated rings. The summed E-state index contributed by atoms with van der Waals surface area (Å²) in [6.45, 7) is 3.62. The molecule has 0 heterocycles. The van der Waals surface area contributed by atoms with Crippen molar-refractivity contribution in [2.24, 2.45) is 0 Å². The van der Waals surface area contributed by atoms with Crippen molar-refractivity contribution in [1.82, 2.24) is 0 Å². The molecule has 0 saturated carbocycles. The van der Waals surface area contributed by atoms with Crippen molar-refractivity contribution in [3.63, 3.8) is 0 Å². The minimum absolute atomic E-state index is 0.806. The highest BCUT2D eigenvalue weighted by Crippen LogP contribution is 1.80. The van der Waals surface area contributed by atoms with E-state index in [1.54, 1.807) is 7.11 Å². The molecule has 0 aromatic rings. The molecule has 0 aromatic heterocycles. The van der Waals surface area contributed by atoms with Gasteiger partial charge in [-0.3, -0.25) is 0 Å². The maximum Gasteiger partial charge on any atom is 0.271 e. The lowest BCUT2D eigenvalue weighted by Gasteiger charge is -1.97. The van der Waals surface area contributed by atoms with E-state index in [-0.39, 0.29) is 0 Å². The molecule has 0 N–H and O–H groups in total.